The Labute approximate surface area is 544 Å². The predicted molar refractivity (Wildman–Crippen MR) is 362 cm³/mol. The Balaban J connectivity index is -0.000000102. The zero-order chi connectivity index (χ0) is 60.3. The molecule has 23 nitrogen and oxygen atoms in total. The van der Waals surface area contributed by atoms with Crippen molar-refractivity contribution in [2.24, 2.45) is 5.73 Å². The molecule has 3 aromatic rings. The third kappa shape index (κ3) is 53.8. The zero-order valence-electron chi connectivity index (χ0n) is 48.4. The van der Waals surface area contributed by atoms with Crippen LogP contribution in [0, 0.1) is 0 Å². The van der Waals surface area contributed by atoms with Gasteiger partial charge in [-0.05, 0) is 75.0 Å². The second kappa shape index (κ2) is 64.8. The van der Waals surface area contributed by atoms with Crippen LogP contribution < -0.4 is 36.7 Å². The van der Waals surface area contributed by atoms with Crippen molar-refractivity contribution < 1.29 is 91.9 Å². The Kier molecular flexibility index (Phi) is 77.4. The van der Waals surface area contributed by atoms with Crippen molar-refractivity contribution in [1.29, 1.82) is 0 Å². The van der Waals surface area contributed by atoms with Gasteiger partial charge in [0.15, 0.2) is 11.9 Å². The lowest BCUT2D eigenvalue weighted by Gasteiger charge is -2.18. The van der Waals surface area contributed by atoms with Gasteiger partial charge < -0.3 is 76.1 Å². The van der Waals surface area contributed by atoms with E-state index in [0.717, 1.165) is 24.8 Å². The highest BCUT2D eigenvalue weighted by Gasteiger charge is 2.31. The van der Waals surface area contributed by atoms with Crippen LogP contribution in [0.3, 0.4) is 0 Å². The molecule has 3 atom stereocenters. The quantitative estimate of drug-likeness (QED) is 0.0199. The van der Waals surface area contributed by atoms with Crippen LogP contribution in [0.25, 0.3) is 0 Å². The standard InChI is InChI=1S/C24H31NO7.C12H15NO5.C10H12O3.C6H9ClO.C6H13NO2.8CH4.H3N.H2O/c1-4-6-8-14-22(27)30-17-19(32-23(28)15-9-7-5-2)16-25-24(29)20-12-10-11-13-21(20)31-18(3)26;1-8(15)18-11-5-3-2-4-10(11)12(17)13-6-9(16)7-14;1-8(11)13-10-6-4-3-5-9(10)7-12-2;1-2-3-4-5-6(7)8;1-6(2)8-4-5(3-7)9-6;;;;;;;;;;/h6-13,19H,4-5,14-17H2,1-3H3,(H,25,29);2-5,9,14,16H,6-7H2,1H3,(H,13,17);3-6H,7H2,1-2H3;3-4H,2,5H2,1H3;5H,3-4,7H2,1-2H3;8*1H4;1H3;1H2/b8-6-,9-7-;;;4-3-;;;;;;;;;;;. The number of allylic oxidation sites excluding steroid dienone is 4. The monoisotopic (exact) mass is 1300 g/mol. The Morgan fingerprint density at radius 3 is 1.42 bits per heavy atom. The van der Waals surface area contributed by atoms with Crippen LogP contribution in [0.2, 0.25) is 0 Å². The summed E-state index contributed by atoms with van der Waals surface area (Å²) in [7, 11) is 1.60. The van der Waals surface area contributed by atoms with E-state index < -0.39 is 60.3 Å². The summed E-state index contributed by atoms with van der Waals surface area (Å²) < 4.78 is 41.0. The number of carbonyl (C=O) groups is 8. The molecule has 3 unspecified atom stereocenters. The van der Waals surface area contributed by atoms with Crippen molar-refractivity contribution in [3.8, 4) is 17.2 Å². The molecule has 0 bridgehead atoms. The van der Waals surface area contributed by atoms with E-state index in [1.165, 1.54) is 45.0 Å². The molecule has 1 aliphatic rings. The van der Waals surface area contributed by atoms with Gasteiger partial charge in [0.1, 0.15) is 23.9 Å². The van der Waals surface area contributed by atoms with Gasteiger partial charge in [0.05, 0.1) is 62.5 Å². The topological polar surface area (TPSA) is 367 Å². The number of halogens is 1. The number of esters is 5. The maximum atomic E-state index is 12.6. The van der Waals surface area contributed by atoms with Gasteiger partial charge in [0, 0.05) is 53.0 Å². The first-order chi connectivity index (χ1) is 38.1. The number of hydrogen-bond acceptors (Lipinski definition) is 20. The number of benzene rings is 3. The van der Waals surface area contributed by atoms with Crippen LogP contribution in [-0.4, -0.2) is 133 Å². The molecule has 0 aliphatic carbocycles. The number of nitrogens with one attached hydrogen (secondary N) is 2. The average Bonchev–Trinajstić information content (AvgIpc) is 3.20. The molecule has 1 saturated heterocycles. The van der Waals surface area contributed by atoms with Crippen molar-refractivity contribution >= 4 is 58.5 Å². The molecular formula is C66H117ClN4O19. The number of aliphatic hydroxyl groups is 2. The molecule has 3 aromatic carbocycles. The molecule has 1 fully saturated rings. The Morgan fingerprint density at radius 2 is 1.04 bits per heavy atom. The Morgan fingerprint density at radius 1 is 0.644 bits per heavy atom. The van der Waals surface area contributed by atoms with Crippen molar-refractivity contribution in [1.82, 2.24) is 16.8 Å². The summed E-state index contributed by atoms with van der Waals surface area (Å²) in [6.07, 6.45) is 12.1. The van der Waals surface area contributed by atoms with E-state index in [-0.39, 0.29) is 144 Å². The third-order valence-corrected chi connectivity index (χ3v) is 9.76. The molecule has 522 valence electrons. The molecule has 2 amide bonds. The van der Waals surface area contributed by atoms with Crippen molar-refractivity contribution in [3.05, 3.63) is 126 Å². The van der Waals surface area contributed by atoms with E-state index >= 15 is 0 Å². The number of ether oxygens (including phenoxy) is 8. The lowest BCUT2D eigenvalue weighted by molar-refractivity contribution is -0.157. The highest BCUT2D eigenvalue weighted by atomic mass is 35.5. The molecule has 90 heavy (non-hydrogen) atoms. The van der Waals surface area contributed by atoms with Crippen LogP contribution in [0.4, 0.5) is 0 Å². The van der Waals surface area contributed by atoms with Gasteiger partial charge in [-0.3, -0.25) is 38.4 Å². The Bertz CT molecular complexity index is 2450. The minimum absolute atomic E-state index is 0. The van der Waals surface area contributed by atoms with Gasteiger partial charge in [0.25, 0.3) is 11.8 Å². The van der Waals surface area contributed by atoms with Crippen LogP contribution in [-0.2, 0) is 59.1 Å². The van der Waals surface area contributed by atoms with E-state index in [0.29, 0.717) is 31.9 Å². The van der Waals surface area contributed by atoms with Crippen LogP contribution in [0.15, 0.2) is 109 Å². The van der Waals surface area contributed by atoms with Crippen LogP contribution in [0.5, 0.6) is 17.2 Å². The van der Waals surface area contributed by atoms with E-state index in [1.54, 1.807) is 55.7 Å². The van der Waals surface area contributed by atoms with Crippen molar-refractivity contribution in [2.45, 2.75) is 184 Å². The fourth-order valence-corrected chi connectivity index (χ4v) is 6.12. The molecule has 11 N–H and O–H groups in total. The van der Waals surface area contributed by atoms with Gasteiger partial charge in [-0.25, -0.2) is 0 Å². The van der Waals surface area contributed by atoms with Gasteiger partial charge >= 0.3 is 29.8 Å². The molecule has 1 heterocycles. The lowest BCUT2D eigenvalue weighted by atomic mass is 10.2. The average molecular weight is 1310 g/mol. The highest BCUT2D eigenvalue weighted by Crippen LogP contribution is 2.22. The van der Waals surface area contributed by atoms with Gasteiger partial charge in [-0.1, -0.05) is 159 Å². The molecular weight excluding hydrogens is 1190 g/mol. The smallest absolute Gasteiger partial charge is 0.310 e. The molecule has 4 rings (SSSR count). The van der Waals surface area contributed by atoms with Crippen LogP contribution in [0.1, 0.15) is 180 Å². The Hall–Kier alpha value is -7.19. The van der Waals surface area contributed by atoms with E-state index in [2.05, 4.69) is 10.6 Å². The number of aliphatic hydroxyl groups excluding tert-OH is 2. The number of amides is 2. The number of carbonyl (C=O) groups excluding carboxylic acids is 8. The number of hydrogen-bond donors (Lipinski definition) is 6. The summed E-state index contributed by atoms with van der Waals surface area (Å²) in [6, 6.07) is 19.8. The minimum Gasteiger partial charge on any atom is -0.461 e. The van der Waals surface area contributed by atoms with Gasteiger partial charge in [-0.15, -0.1) is 0 Å². The SMILES string of the molecule is C.C.C.C.C.C.C.C.CC(=O)Oc1ccccc1C(=O)NCC(O)CO.CC/C=C\CC(=O)Cl.CC/C=C\CC(=O)OCC(CNC(=O)c1ccccc1OC(C)=O)OC(=O)C/C=C\CC.CC1(C)OCC(CN)O1.COCc1ccccc1OC(C)=O.N.O. The second-order valence-electron chi connectivity index (χ2n) is 17.2. The normalized spacial score (nSPS) is 12.2. The van der Waals surface area contributed by atoms with Crippen LogP contribution >= 0.6 is 11.6 Å². The molecule has 1 aliphatic heterocycles. The fraction of sp³-hybridized carbons (Fsp3) is 0.515. The first-order valence-corrected chi connectivity index (χ1v) is 26.1. The minimum atomic E-state index is -1.02. The highest BCUT2D eigenvalue weighted by molar-refractivity contribution is 6.63. The number of methoxy groups -OCH3 is 1. The summed E-state index contributed by atoms with van der Waals surface area (Å²) in [4.78, 5) is 91.2. The number of rotatable bonds is 25. The maximum absolute atomic E-state index is 12.6. The molecule has 24 heteroatoms. The largest absolute Gasteiger partial charge is 0.461 e. The second-order valence-corrected chi connectivity index (χ2v) is 17.6. The van der Waals surface area contributed by atoms with Crippen molar-refractivity contribution in [3.63, 3.8) is 0 Å². The zero-order valence-corrected chi connectivity index (χ0v) is 49.2. The molecule has 0 aromatic heterocycles. The molecule has 0 radical (unpaired) electrons. The summed E-state index contributed by atoms with van der Waals surface area (Å²) in [5.41, 5.74) is 6.57. The summed E-state index contributed by atoms with van der Waals surface area (Å²) in [5.74, 6) is -2.95. The number of para-hydroxylation sites is 3. The lowest BCUT2D eigenvalue weighted by Crippen LogP contribution is -2.38. The van der Waals surface area contributed by atoms with E-state index in [1.807, 2.05) is 71.0 Å². The summed E-state index contributed by atoms with van der Waals surface area (Å²) >= 11 is 5.02. The van der Waals surface area contributed by atoms with Gasteiger partial charge in [0.2, 0.25) is 5.24 Å². The molecule has 0 spiro atoms. The van der Waals surface area contributed by atoms with E-state index in [9.17, 15) is 38.4 Å². The first kappa shape index (κ1) is 107. The fourth-order valence-electron chi connectivity index (χ4n) is 6.03. The number of nitrogens with two attached hydrogens (primary N) is 1. The summed E-state index contributed by atoms with van der Waals surface area (Å²) in [5, 5.41) is 22.5. The summed E-state index contributed by atoms with van der Waals surface area (Å²) in [6.45, 7) is 14.4. The third-order valence-electron chi connectivity index (χ3n) is 9.61. The van der Waals surface area contributed by atoms with E-state index in [4.69, 9.17) is 65.4 Å². The predicted octanol–water partition coefficient (Wildman–Crippen LogP) is 11.6. The molecule has 0 saturated carbocycles. The maximum Gasteiger partial charge on any atom is 0.310 e. The van der Waals surface area contributed by atoms with Crippen molar-refractivity contribution in [2.75, 3.05) is 46.6 Å². The first-order valence-electron chi connectivity index (χ1n) is 25.7. The van der Waals surface area contributed by atoms with Gasteiger partial charge in [-0.2, -0.15) is 0 Å².